The normalized spacial score (nSPS) is 12.3. The molecule has 0 aliphatic heterocycles. The van der Waals surface area contributed by atoms with Crippen molar-refractivity contribution in [2.24, 2.45) is 0 Å². The third-order valence-corrected chi connectivity index (χ3v) is 2.99. The fourth-order valence-corrected chi connectivity index (χ4v) is 1.92. The highest BCUT2D eigenvalue weighted by Crippen LogP contribution is 2.15. The molecule has 2 aromatic rings. The smallest absolute Gasteiger partial charge is 0.319 e. The van der Waals surface area contributed by atoms with Gasteiger partial charge in [-0.15, -0.1) is 0 Å². The van der Waals surface area contributed by atoms with Crippen molar-refractivity contribution in [1.82, 2.24) is 19.4 Å². The van der Waals surface area contributed by atoms with Crippen LogP contribution in [0.5, 0.6) is 0 Å². The molecule has 4 nitrogen and oxygen atoms in total. The summed E-state index contributed by atoms with van der Waals surface area (Å²) < 4.78 is 28.4. The number of rotatable bonds is 5. The summed E-state index contributed by atoms with van der Waals surface area (Å²) in [7, 11) is 0. The summed E-state index contributed by atoms with van der Waals surface area (Å²) >= 11 is 0. The van der Waals surface area contributed by atoms with Crippen molar-refractivity contribution in [3.8, 4) is 0 Å². The van der Waals surface area contributed by atoms with Crippen molar-refractivity contribution < 1.29 is 8.78 Å². The van der Waals surface area contributed by atoms with Gasteiger partial charge in [-0.1, -0.05) is 0 Å². The maximum absolute atomic E-state index is 12.8. The van der Waals surface area contributed by atoms with Crippen LogP contribution in [-0.4, -0.2) is 19.7 Å². The molecule has 0 aliphatic rings. The SMILES string of the molecule is CC(C)(C)NCc1cccn1Cc1nccn1C(F)F. The number of nitrogens with one attached hydrogen (secondary N) is 1. The van der Waals surface area contributed by atoms with E-state index in [4.69, 9.17) is 0 Å². The molecule has 110 valence electrons. The average Bonchev–Trinajstić information content (AvgIpc) is 2.95. The lowest BCUT2D eigenvalue weighted by Crippen LogP contribution is -2.35. The van der Waals surface area contributed by atoms with Crippen LogP contribution >= 0.6 is 0 Å². The Morgan fingerprint density at radius 3 is 2.70 bits per heavy atom. The van der Waals surface area contributed by atoms with Gasteiger partial charge in [-0.3, -0.25) is 4.57 Å². The summed E-state index contributed by atoms with van der Waals surface area (Å²) in [4.78, 5) is 4.00. The first kappa shape index (κ1) is 14.7. The Balaban J connectivity index is 2.10. The lowest BCUT2D eigenvalue weighted by Gasteiger charge is -2.21. The number of halogens is 2. The zero-order valence-electron chi connectivity index (χ0n) is 12.0. The van der Waals surface area contributed by atoms with Crippen molar-refractivity contribution in [3.63, 3.8) is 0 Å². The highest BCUT2D eigenvalue weighted by Gasteiger charge is 2.14. The molecule has 2 heterocycles. The predicted octanol–water partition coefficient (Wildman–Crippen LogP) is 3.02. The minimum Gasteiger partial charge on any atom is -0.343 e. The van der Waals surface area contributed by atoms with E-state index in [1.54, 1.807) is 0 Å². The zero-order chi connectivity index (χ0) is 14.8. The van der Waals surface area contributed by atoms with Crippen LogP contribution in [0.3, 0.4) is 0 Å². The Kier molecular flexibility index (Phi) is 4.23. The maximum atomic E-state index is 12.8. The number of aromatic nitrogens is 3. The van der Waals surface area contributed by atoms with Gasteiger partial charge in [-0.05, 0) is 32.9 Å². The predicted molar refractivity (Wildman–Crippen MR) is 73.6 cm³/mol. The fourth-order valence-electron chi connectivity index (χ4n) is 1.92. The van der Waals surface area contributed by atoms with Gasteiger partial charge in [-0.2, -0.15) is 8.78 Å². The van der Waals surface area contributed by atoms with E-state index in [1.807, 2.05) is 22.9 Å². The topological polar surface area (TPSA) is 34.8 Å². The molecule has 0 atom stereocenters. The molecule has 20 heavy (non-hydrogen) atoms. The first-order chi connectivity index (χ1) is 9.37. The molecule has 0 saturated carbocycles. The van der Waals surface area contributed by atoms with E-state index in [2.05, 4.69) is 31.1 Å². The third kappa shape index (κ3) is 3.66. The van der Waals surface area contributed by atoms with Gasteiger partial charge in [0.2, 0.25) is 0 Å². The number of hydrogen-bond donors (Lipinski definition) is 1. The molecule has 0 amide bonds. The van der Waals surface area contributed by atoms with Crippen LogP contribution in [0.4, 0.5) is 8.78 Å². The molecule has 2 rings (SSSR count). The van der Waals surface area contributed by atoms with Gasteiger partial charge in [0.15, 0.2) is 0 Å². The molecule has 0 fully saturated rings. The van der Waals surface area contributed by atoms with Gasteiger partial charge in [0.05, 0.1) is 6.54 Å². The molecule has 0 radical (unpaired) electrons. The van der Waals surface area contributed by atoms with Gasteiger partial charge in [0.25, 0.3) is 0 Å². The Morgan fingerprint density at radius 2 is 2.05 bits per heavy atom. The van der Waals surface area contributed by atoms with Gasteiger partial charge in [0, 0.05) is 36.4 Å². The molecule has 1 N–H and O–H groups in total. The van der Waals surface area contributed by atoms with Gasteiger partial charge in [0.1, 0.15) is 5.82 Å². The standard InChI is InChI=1S/C14H20F2N4/c1-14(2,3)18-9-11-5-4-7-19(11)10-12-17-6-8-20(12)13(15)16/h4-8,13,18H,9-10H2,1-3H3. The largest absolute Gasteiger partial charge is 0.343 e. The van der Waals surface area contributed by atoms with Crippen molar-refractivity contribution in [2.45, 2.75) is 45.9 Å². The summed E-state index contributed by atoms with van der Waals surface area (Å²) in [6, 6.07) is 3.89. The average molecular weight is 282 g/mol. The molecule has 0 bridgehead atoms. The number of nitrogens with zero attached hydrogens (tertiary/aromatic N) is 3. The summed E-state index contributed by atoms with van der Waals surface area (Å²) in [6.45, 7) is 4.73. The second-order valence-electron chi connectivity index (χ2n) is 5.76. The number of alkyl halides is 2. The van der Waals surface area contributed by atoms with Crippen LogP contribution in [0.25, 0.3) is 0 Å². The summed E-state index contributed by atoms with van der Waals surface area (Å²) in [5.41, 5.74) is 1.06. The Labute approximate surface area is 117 Å². The molecule has 6 heteroatoms. The Morgan fingerprint density at radius 1 is 1.30 bits per heavy atom. The van der Waals surface area contributed by atoms with Crippen molar-refractivity contribution in [3.05, 3.63) is 42.2 Å². The van der Waals surface area contributed by atoms with Crippen LogP contribution in [-0.2, 0) is 13.1 Å². The molecule has 0 aliphatic carbocycles. The quantitative estimate of drug-likeness (QED) is 0.915. The molecule has 0 aromatic carbocycles. The van der Waals surface area contributed by atoms with Gasteiger partial charge < -0.3 is 9.88 Å². The minimum absolute atomic E-state index is 0.0105. The molecule has 0 spiro atoms. The highest BCUT2D eigenvalue weighted by molar-refractivity contribution is 5.09. The van der Waals surface area contributed by atoms with Crippen LogP contribution < -0.4 is 5.32 Å². The second-order valence-corrected chi connectivity index (χ2v) is 5.76. The van der Waals surface area contributed by atoms with E-state index in [0.717, 1.165) is 10.3 Å². The van der Waals surface area contributed by atoms with Crippen molar-refractivity contribution in [2.75, 3.05) is 0 Å². The maximum Gasteiger partial charge on any atom is 0.319 e. The van der Waals surface area contributed by atoms with Crippen molar-refractivity contribution >= 4 is 0 Å². The molecule has 0 saturated heterocycles. The first-order valence-electron chi connectivity index (χ1n) is 6.56. The van der Waals surface area contributed by atoms with Crippen LogP contribution in [0.15, 0.2) is 30.7 Å². The fraction of sp³-hybridized carbons (Fsp3) is 0.500. The molecule has 0 unspecified atom stereocenters. The van der Waals surface area contributed by atoms with Gasteiger partial charge >= 0.3 is 6.55 Å². The van der Waals surface area contributed by atoms with Crippen LogP contribution in [0, 0.1) is 0 Å². The Hall–Kier alpha value is -1.69. The van der Waals surface area contributed by atoms with E-state index in [9.17, 15) is 8.78 Å². The number of imidazole rings is 1. The minimum atomic E-state index is -2.56. The first-order valence-corrected chi connectivity index (χ1v) is 6.56. The van der Waals surface area contributed by atoms with E-state index in [-0.39, 0.29) is 5.54 Å². The van der Waals surface area contributed by atoms with Crippen LogP contribution in [0.1, 0.15) is 38.8 Å². The lowest BCUT2D eigenvalue weighted by atomic mass is 10.1. The van der Waals surface area contributed by atoms with E-state index in [0.29, 0.717) is 18.9 Å². The molecular formula is C14H20F2N4. The Bertz CT molecular complexity index is 552. The highest BCUT2D eigenvalue weighted by atomic mass is 19.3. The van der Waals surface area contributed by atoms with Gasteiger partial charge in [-0.25, -0.2) is 4.98 Å². The molecular weight excluding hydrogens is 262 g/mol. The summed E-state index contributed by atoms with van der Waals surface area (Å²) in [5, 5.41) is 3.39. The van der Waals surface area contributed by atoms with E-state index >= 15 is 0 Å². The summed E-state index contributed by atoms with van der Waals surface area (Å²) in [6.07, 6.45) is 4.58. The zero-order valence-corrected chi connectivity index (χ0v) is 12.0. The second kappa shape index (κ2) is 5.75. The third-order valence-electron chi connectivity index (χ3n) is 2.99. The van der Waals surface area contributed by atoms with E-state index < -0.39 is 6.55 Å². The van der Waals surface area contributed by atoms with Crippen molar-refractivity contribution in [1.29, 1.82) is 0 Å². The van der Waals surface area contributed by atoms with E-state index in [1.165, 1.54) is 12.4 Å². The number of hydrogen-bond acceptors (Lipinski definition) is 2. The lowest BCUT2D eigenvalue weighted by molar-refractivity contribution is 0.0667. The molecule has 2 aromatic heterocycles. The monoisotopic (exact) mass is 282 g/mol. The van der Waals surface area contributed by atoms with Crippen LogP contribution in [0.2, 0.25) is 0 Å². The summed E-state index contributed by atoms with van der Waals surface area (Å²) in [5.74, 6) is 0.355.